The molecule has 0 aliphatic heterocycles. The summed E-state index contributed by atoms with van der Waals surface area (Å²) in [5.41, 5.74) is 0. The second kappa shape index (κ2) is 52.7. The summed E-state index contributed by atoms with van der Waals surface area (Å²) in [7, 11) is 20.6. The Morgan fingerprint density at radius 2 is 0.742 bits per heavy atom. The molecule has 0 N–H and O–H groups in total. The molecule has 18 heteroatoms. The van der Waals surface area contributed by atoms with E-state index in [1.807, 2.05) is 48.6 Å². The van der Waals surface area contributed by atoms with Crippen LogP contribution in [0.15, 0.2) is 122 Å². The molecule has 0 heterocycles. The Kier molecular flexibility index (Phi) is 56.4. The molecule has 0 bridgehead atoms. The highest BCUT2D eigenvalue weighted by molar-refractivity contribution is 8.41. The Balaban J connectivity index is 0. The van der Waals surface area contributed by atoms with Crippen LogP contribution in [0.5, 0.6) is 0 Å². The highest BCUT2D eigenvalue weighted by atomic mass is 32.4. The van der Waals surface area contributed by atoms with Crippen LogP contribution in [0.1, 0.15) is 118 Å². The second-order valence-electron chi connectivity index (χ2n) is 13.8. The third-order valence-electron chi connectivity index (χ3n) is 8.64. The third kappa shape index (κ3) is 47.4. The number of unbranched alkanes of at least 4 members (excludes halogenated alkanes) is 6. The first-order chi connectivity index (χ1) is 30.1. The predicted molar refractivity (Wildman–Crippen MR) is 316 cm³/mol. The molecule has 0 saturated carbocycles. The minimum absolute atomic E-state index is 0.0708. The highest BCUT2D eigenvalue weighted by Crippen LogP contribution is 2.55. The van der Waals surface area contributed by atoms with Gasteiger partial charge in [0.2, 0.25) is 0 Å². The molecule has 0 aliphatic rings. The molecule has 16 unspecified atom stereocenters. The minimum atomic E-state index is -0.498. The lowest BCUT2D eigenvalue weighted by Gasteiger charge is -2.13. The molecule has 0 aromatic heterocycles. The maximum Gasteiger partial charge on any atom is 0.0836 e. The van der Waals surface area contributed by atoms with Gasteiger partial charge in [0.1, 0.15) is 0 Å². The summed E-state index contributed by atoms with van der Waals surface area (Å²) in [4.78, 5) is 0. The summed E-state index contributed by atoms with van der Waals surface area (Å²) >= 11 is 0. The van der Waals surface area contributed by atoms with Crippen molar-refractivity contribution in [3.8, 4) is 0 Å². The summed E-state index contributed by atoms with van der Waals surface area (Å²) in [6.07, 6.45) is 58.1. The Bertz CT molecular complexity index is 1190. The molecule has 16 atom stereocenters. The van der Waals surface area contributed by atoms with Gasteiger partial charge >= 0.3 is 0 Å². The predicted octanol–water partition coefficient (Wildman–Crippen LogP) is 17.7. The van der Waals surface area contributed by atoms with Crippen molar-refractivity contribution in [3.05, 3.63) is 122 Å². The van der Waals surface area contributed by atoms with Gasteiger partial charge in [-0.05, 0) is 38.5 Å². The van der Waals surface area contributed by atoms with Gasteiger partial charge in [0.15, 0.2) is 0 Å². The van der Waals surface area contributed by atoms with E-state index < -0.39 is 15.1 Å². The largest absolute Gasteiger partial charge is 0.358 e. The Morgan fingerprint density at radius 3 is 1.03 bits per heavy atom. The van der Waals surface area contributed by atoms with Crippen LogP contribution in [-0.4, -0.2) is 36.6 Å². The number of hydrogen-bond acceptors (Lipinski definition) is 6. The second-order valence-corrected chi connectivity index (χ2v) is 28.3. The van der Waals surface area contributed by atoms with Crippen molar-refractivity contribution in [2.24, 2.45) is 0 Å². The molecule has 0 saturated heterocycles. The lowest BCUT2D eigenvalue weighted by Crippen LogP contribution is -2.03. The molecule has 0 aliphatic carbocycles. The van der Waals surface area contributed by atoms with E-state index in [4.69, 9.17) is 27.1 Å². The maximum atomic E-state index is 5.80. The zero-order chi connectivity index (χ0) is 46.3. The van der Waals surface area contributed by atoms with Gasteiger partial charge in [-0.25, -0.2) is 0 Å². The first-order valence-corrected chi connectivity index (χ1v) is 37.1. The van der Waals surface area contributed by atoms with Crippen molar-refractivity contribution in [2.45, 2.75) is 154 Å². The first kappa shape index (κ1) is 66.4. The summed E-state index contributed by atoms with van der Waals surface area (Å²) in [6, 6.07) is 0. The molecule has 0 radical (unpaired) electrons. The standard InChI is InChI=1S/2C22H42O3P6/c2*1-3-5-6-10-16-21(23-26)17-13-9-14-19-22(24-30-27)18-12-8-7-11-15-20(4-2)25-31(28)29/h2*7-9,11-15,17-18,20-22,30H,3-6,10,16,19,26-29H2,1-2H3/b8-7-,14-9-,15-11+,17-13+,18-12+;. The summed E-state index contributed by atoms with van der Waals surface area (Å²) < 4.78 is 34.1. The van der Waals surface area contributed by atoms with Gasteiger partial charge in [-0.3, -0.25) is 0 Å². The zero-order valence-corrected chi connectivity index (χ0v) is 50.9. The fourth-order valence-electron chi connectivity index (χ4n) is 5.24. The number of allylic oxidation sites excluding steroid dienone is 12. The smallest absolute Gasteiger partial charge is 0.0836 e. The SMILES string of the molecule is CCCCCCC(/C=C/C=C\CC(/C=C/C=C\C=C\C(CC)OP(P)P)OPP)OP.CCCCCCC(C=CC=CCC(C=CC=CC=CC(CC)OP(P)P)OPP)OP. The van der Waals surface area contributed by atoms with Crippen LogP contribution in [0.2, 0.25) is 0 Å². The molecule has 0 amide bonds. The quantitative estimate of drug-likeness (QED) is 0.0349. The van der Waals surface area contributed by atoms with Gasteiger partial charge in [0.05, 0.1) is 51.7 Å². The number of hydrogen-bond donors (Lipinski definition) is 0. The Hall–Kier alpha value is 2.32. The van der Waals surface area contributed by atoms with Crippen molar-refractivity contribution < 1.29 is 27.1 Å². The zero-order valence-electron chi connectivity index (χ0n) is 37.9. The van der Waals surface area contributed by atoms with Gasteiger partial charge in [0, 0.05) is 35.9 Å². The monoisotopic (exact) mass is 1080 g/mol. The minimum Gasteiger partial charge on any atom is -0.358 e. The van der Waals surface area contributed by atoms with E-state index in [0.717, 1.165) is 38.5 Å². The van der Waals surface area contributed by atoms with Crippen LogP contribution in [0.3, 0.4) is 0 Å². The van der Waals surface area contributed by atoms with Gasteiger partial charge in [-0.15, -0.1) is 0 Å². The molecule has 356 valence electrons. The van der Waals surface area contributed by atoms with Crippen molar-refractivity contribution in [1.29, 1.82) is 0 Å². The molecule has 6 nitrogen and oxygen atoms in total. The van der Waals surface area contributed by atoms with E-state index >= 15 is 0 Å². The fraction of sp³-hybridized carbons (Fsp3) is 0.545. The van der Waals surface area contributed by atoms with Crippen molar-refractivity contribution >= 4 is 105 Å². The first-order valence-electron chi connectivity index (χ1n) is 21.7. The van der Waals surface area contributed by atoms with E-state index in [-0.39, 0.29) is 36.6 Å². The van der Waals surface area contributed by atoms with E-state index in [2.05, 4.69) is 173 Å². The summed E-state index contributed by atoms with van der Waals surface area (Å²) in [5.74, 6) is 0. The molecule has 0 spiro atoms. The van der Waals surface area contributed by atoms with Crippen LogP contribution in [0.4, 0.5) is 0 Å². The van der Waals surface area contributed by atoms with E-state index in [1.165, 1.54) is 51.4 Å². The summed E-state index contributed by atoms with van der Waals surface area (Å²) in [6.45, 7) is 8.72. The molecule has 0 rings (SSSR count). The van der Waals surface area contributed by atoms with Crippen LogP contribution in [0, 0.1) is 0 Å². The van der Waals surface area contributed by atoms with Gasteiger partial charge < -0.3 is 27.1 Å². The fourth-order valence-corrected chi connectivity index (χ4v) is 10.4. The molecular formula is C44H84O6P12. The maximum absolute atomic E-state index is 5.80. The summed E-state index contributed by atoms with van der Waals surface area (Å²) in [5, 5.41) is 0. The molecule has 0 fully saturated rings. The lowest BCUT2D eigenvalue weighted by atomic mass is 10.1. The van der Waals surface area contributed by atoms with Gasteiger partial charge in [-0.1, -0.05) is 254 Å². The topological polar surface area (TPSA) is 55.4 Å². The molecule has 62 heavy (non-hydrogen) atoms. The molecular weight excluding hydrogens is 996 g/mol. The van der Waals surface area contributed by atoms with Crippen molar-refractivity contribution in [3.63, 3.8) is 0 Å². The van der Waals surface area contributed by atoms with Crippen molar-refractivity contribution in [2.75, 3.05) is 0 Å². The average molecular weight is 1080 g/mol. The molecule has 0 aromatic rings. The third-order valence-corrected chi connectivity index (χ3v) is 13.5. The van der Waals surface area contributed by atoms with E-state index in [0.29, 0.717) is 17.0 Å². The Morgan fingerprint density at radius 1 is 0.419 bits per heavy atom. The molecule has 0 aromatic carbocycles. The Labute approximate surface area is 405 Å². The van der Waals surface area contributed by atoms with E-state index in [9.17, 15) is 0 Å². The lowest BCUT2D eigenvalue weighted by molar-refractivity contribution is 0.274. The highest BCUT2D eigenvalue weighted by Gasteiger charge is 2.06. The van der Waals surface area contributed by atoms with Crippen LogP contribution in [-0.2, 0) is 27.1 Å². The van der Waals surface area contributed by atoms with Gasteiger partial charge in [0.25, 0.3) is 0 Å². The van der Waals surface area contributed by atoms with Crippen LogP contribution in [0.25, 0.3) is 0 Å². The number of rotatable bonds is 38. The van der Waals surface area contributed by atoms with Crippen LogP contribution >= 0.6 is 105 Å². The normalized spacial score (nSPS) is 16.5. The average Bonchev–Trinajstić information content (AvgIpc) is 3.26. The van der Waals surface area contributed by atoms with Crippen molar-refractivity contribution in [1.82, 2.24) is 0 Å². The van der Waals surface area contributed by atoms with E-state index in [1.54, 1.807) is 0 Å². The van der Waals surface area contributed by atoms with Gasteiger partial charge in [-0.2, -0.15) is 0 Å². The van der Waals surface area contributed by atoms with Crippen LogP contribution < -0.4 is 0 Å².